The number of aliphatic carboxylic acids is 1. The molecule has 0 bridgehead atoms. The minimum Gasteiger partial charge on any atom is -0.508 e. The average Bonchev–Trinajstić information content (AvgIpc) is 2.13. The lowest BCUT2D eigenvalue weighted by atomic mass is 10.0. The number of carboxylic acid groups (broad SMARTS) is 1. The second-order valence-corrected chi connectivity index (χ2v) is 4.19. The Balaban J connectivity index is 2.95. The maximum Gasteiger partial charge on any atom is 0.306 e. The summed E-state index contributed by atoms with van der Waals surface area (Å²) < 4.78 is 13.3. The highest BCUT2D eigenvalue weighted by molar-refractivity contribution is 9.10. The average molecular weight is 277 g/mol. The van der Waals surface area contributed by atoms with Gasteiger partial charge < -0.3 is 10.2 Å². The van der Waals surface area contributed by atoms with E-state index in [-0.39, 0.29) is 16.6 Å². The summed E-state index contributed by atoms with van der Waals surface area (Å²) in [5, 5.41) is 18.1. The minimum atomic E-state index is -0.974. The quantitative estimate of drug-likeness (QED) is 0.892. The van der Waals surface area contributed by atoms with E-state index in [4.69, 9.17) is 5.11 Å². The number of phenolic OH excluding ortho intramolecular Hbond substituents is 1. The molecule has 0 spiro atoms. The van der Waals surface area contributed by atoms with E-state index in [2.05, 4.69) is 15.9 Å². The van der Waals surface area contributed by atoms with Crippen molar-refractivity contribution in [1.82, 2.24) is 0 Å². The van der Waals surface area contributed by atoms with Gasteiger partial charge in [-0.3, -0.25) is 4.79 Å². The van der Waals surface area contributed by atoms with Gasteiger partial charge in [-0.15, -0.1) is 0 Å². The number of carbonyl (C=O) groups is 1. The third-order valence-corrected chi connectivity index (χ3v) is 2.68. The monoisotopic (exact) mass is 276 g/mol. The summed E-state index contributed by atoms with van der Waals surface area (Å²) in [7, 11) is 0. The van der Waals surface area contributed by atoms with Crippen LogP contribution in [0.25, 0.3) is 0 Å². The molecule has 0 aliphatic heterocycles. The van der Waals surface area contributed by atoms with Crippen molar-refractivity contribution in [2.24, 2.45) is 5.92 Å². The Morgan fingerprint density at radius 1 is 1.60 bits per heavy atom. The van der Waals surface area contributed by atoms with Gasteiger partial charge in [0.2, 0.25) is 0 Å². The molecule has 1 atom stereocenters. The normalized spacial score (nSPS) is 12.5. The van der Waals surface area contributed by atoms with E-state index in [1.807, 2.05) is 0 Å². The molecular formula is C10H10BrFO3. The number of phenols is 1. The van der Waals surface area contributed by atoms with Crippen molar-refractivity contribution in [3.8, 4) is 5.75 Å². The summed E-state index contributed by atoms with van der Waals surface area (Å²) >= 11 is 2.92. The molecule has 3 nitrogen and oxygen atoms in total. The fraction of sp³-hybridized carbons (Fsp3) is 0.300. The molecule has 0 saturated heterocycles. The molecular weight excluding hydrogens is 267 g/mol. The van der Waals surface area contributed by atoms with Gasteiger partial charge in [-0.25, -0.2) is 4.39 Å². The molecule has 0 saturated carbocycles. The fourth-order valence-corrected chi connectivity index (χ4v) is 1.49. The lowest BCUT2D eigenvalue weighted by Gasteiger charge is -2.09. The van der Waals surface area contributed by atoms with Crippen LogP contribution >= 0.6 is 15.9 Å². The summed E-state index contributed by atoms with van der Waals surface area (Å²) in [5.74, 6) is -2.24. The van der Waals surface area contributed by atoms with E-state index < -0.39 is 17.7 Å². The Hall–Kier alpha value is -1.10. The van der Waals surface area contributed by atoms with Gasteiger partial charge in [0.25, 0.3) is 0 Å². The van der Waals surface area contributed by atoms with Crippen molar-refractivity contribution >= 4 is 21.9 Å². The van der Waals surface area contributed by atoms with Gasteiger partial charge in [0.15, 0.2) is 0 Å². The molecule has 0 heterocycles. The molecule has 0 fully saturated rings. The van der Waals surface area contributed by atoms with Crippen LogP contribution in [0.4, 0.5) is 4.39 Å². The zero-order valence-corrected chi connectivity index (χ0v) is 9.58. The number of rotatable bonds is 3. The highest BCUT2D eigenvalue weighted by atomic mass is 79.9. The lowest BCUT2D eigenvalue weighted by molar-refractivity contribution is -0.141. The maximum absolute atomic E-state index is 13.1. The van der Waals surface area contributed by atoms with E-state index in [1.54, 1.807) is 0 Å². The highest BCUT2D eigenvalue weighted by Gasteiger charge is 2.15. The first kappa shape index (κ1) is 12.0. The van der Waals surface area contributed by atoms with Gasteiger partial charge in [0.05, 0.1) is 10.4 Å². The molecule has 0 radical (unpaired) electrons. The Kier molecular flexibility index (Phi) is 3.68. The van der Waals surface area contributed by atoms with E-state index >= 15 is 0 Å². The molecule has 0 amide bonds. The van der Waals surface area contributed by atoms with E-state index in [1.165, 1.54) is 13.0 Å². The van der Waals surface area contributed by atoms with Crippen molar-refractivity contribution in [2.75, 3.05) is 0 Å². The SMILES string of the molecule is CC(Cc1cc(F)c(Br)cc1O)C(=O)O. The third-order valence-electron chi connectivity index (χ3n) is 2.07. The molecule has 1 rings (SSSR count). The molecule has 5 heteroatoms. The van der Waals surface area contributed by atoms with Crippen LogP contribution in [-0.4, -0.2) is 16.2 Å². The molecule has 1 aromatic carbocycles. The zero-order chi connectivity index (χ0) is 11.6. The smallest absolute Gasteiger partial charge is 0.306 e. The van der Waals surface area contributed by atoms with E-state index in [9.17, 15) is 14.3 Å². The van der Waals surface area contributed by atoms with Crippen LogP contribution in [0.3, 0.4) is 0 Å². The van der Waals surface area contributed by atoms with Crippen LogP contribution in [0.1, 0.15) is 12.5 Å². The van der Waals surface area contributed by atoms with Gasteiger partial charge in [0, 0.05) is 0 Å². The summed E-state index contributed by atoms with van der Waals surface area (Å²) in [6, 6.07) is 2.36. The van der Waals surface area contributed by atoms with Gasteiger partial charge in [-0.05, 0) is 40.0 Å². The van der Waals surface area contributed by atoms with E-state index in [0.29, 0.717) is 5.56 Å². The largest absolute Gasteiger partial charge is 0.508 e. The molecule has 1 aromatic rings. The highest BCUT2D eigenvalue weighted by Crippen LogP contribution is 2.27. The Morgan fingerprint density at radius 3 is 2.73 bits per heavy atom. The number of halogens is 2. The van der Waals surface area contributed by atoms with E-state index in [0.717, 1.165) is 6.07 Å². The third kappa shape index (κ3) is 2.92. The minimum absolute atomic E-state index is 0.101. The molecule has 15 heavy (non-hydrogen) atoms. The first-order chi connectivity index (χ1) is 6.91. The molecule has 0 aromatic heterocycles. The Labute approximate surface area is 94.7 Å². The first-order valence-corrected chi connectivity index (χ1v) is 5.10. The number of hydrogen-bond donors (Lipinski definition) is 2. The molecule has 82 valence electrons. The standard InChI is InChI=1S/C10H10BrFO3/c1-5(10(14)15)2-6-3-8(12)7(11)4-9(6)13/h3-5,13H,2H2,1H3,(H,14,15). The molecule has 0 aliphatic rings. The van der Waals surface area contributed by atoms with Crippen LogP contribution in [0.5, 0.6) is 5.75 Å². The van der Waals surface area contributed by atoms with Gasteiger partial charge in [-0.1, -0.05) is 6.92 Å². The Bertz CT molecular complexity index is 392. The number of carboxylic acids is 1. The first-order valence-electron chi connectivity index (χ1n) is 4.31. The molecule has 2 N–H and O–H groups in total. The lowest BCUT2D eigenvalue weighted by Crippen LogP contribution is -2.12. The maximum atomic E-state index is 13.1. The van der Waals surface area contributed by atoms with Crippen molar-refractivity contribution in [3.05, 3.63) is 28.0 Å². The van der Waals surface area contributed by atoms with Gasteiger partial charge in [-0.2, -0.15) is 0 Å². The van der Waals surface area contributed by atoms with Crippen LogP contribution in [0.15, 0.2) is 16.6 Å². The molecule has 1 unspecified atom stereocenters. The van der Waals surface area contributed by atoms with Crippen LogP contribution in [-0.2, 0) is 11.2 Å². The summed E-state index contributed by atoms with van der Waals surface area (Å²) in [4.78, 5) is 10.6. The topological polar surface area (TPSA) is 57.5 Å². The van der Waals surface area contributed by atoms with Gasteiger partial charge in [0.1, 0.15) is 11.6 Å². The van der Waals surface area contributed by atoms with Crippen LogP contribution in [0, 0.1) is 11.7 Å². The van der Waals surface area contributed by atoms with Crippen molar-refractivity contribution < 1.29 is 19.4 Å². The van der Waals surface area contributed by atoms with Crippen molar-refractivity contribution in [1.29, 1.82) is 0 Å². The summed E-state index contributed by atoms with van der Waals surface area (Å²) in [6.07, 6.45) is 0.103. The Morgan fingerprint density at radius 2 is 2.20 bits per heavy atom. The van der Waals surface area contributed by atoms with Gasteiger partial charge >= 0.3 is 5.97 Å². The van der Waals surface area contributed by atoms with Crippen LogP contribution in [0.2, 0.25) is 0 Å². The zero-order valence-electron chi connectivity index (χ0n) is 8.00. The number of hydrogen-bond acceptors (Lipinski definition) is 2. The predicted octanol–water partition coefficient (Wildman–Crippen LogP) is 2.56. The van der Waals surface area contributed by atoms with Crippen LogP contribution < -0.4 is 0 Å². The summed E-state index contributed by atoms with van der Waals surface area (Å²) in [5.41, 5.74) is 0.297. The van der Waals surface area contributed by atoms with Crippen molar-refractivity contribution in [2.45, 2.75) is 13.3 Å². The number of benzene rings is 1. The summed E-state index contributed by atoms with van der Waals surface area (Å²) in [6.45, 7) is 1.50. The molecule has 0 aliphatic carbocycles. The predicted molar refractivity (Wildman–Crippen MR) is 56.3 cm³/mol. The number of aromatic hydroxyl groups is 1. The van der Waals surface area contributed by atoms with Crippen molar-refractivity contribution in [3.63, 3.8) is 0 Å². The fourth-order valence-electron chi connectivity index (χ4n) is 1.16. The second kappa shape index (κ2) is 4.61. The second-order valence-electron chi connectivity index (χ2n) is 3.34.